The maximum atomic E-state index is 11.8. The van der Waals surface area contributed by atoms with Gasteiger partial charge in [-0.2, -0.15) is 0 Å². The Labute approximate surface area is 165 Å². The molecule has 0 radical (unpaired) electrons. The Kier molecular flexibility index (Phi) is 6.84. The van der Waals surface area contributed by atoms with Crippen LogP contribution in [0.1, 0.15) is 91.9 Å². The van der Waals surface area contributed by atoms with Gasteiger partial charge in [0.2, 0.25) is 0 Å². The van der Waals surface area contributed by atoms with Gasteiger partial charge in [-0.25, -0.2) is 0 Å². The molecule has 4 rings (SSSR count). The molecule has 3 saturated carbocycles. The van der Waals surface area contributed by atoms with Crippen LogP contribution in [0, 0.1) is 29.1 Å². The molecule has 0 aromatic heterocycles. The summed E-state index contributed by atoms with van der Waals surface area (Å²) < 4.78 is 6.12. The second-order valence-electron chi connectivity index (χ2n) is 8.99. The molecule has 0 spiro atoms. The molecule has 0 aliphatic heterocycles. The summed E-state index contributed by atoms with van der Waals surface area (Å²) in [6, 6.07) is 0. The van der Waals surface area contributed by atoms with E-state index in [2.05, 4.69) is 6.92 Å². The minimum atomic E-state index is -0.602. The smallest absolute Gasteiger partial charge is 0.155 e. The first-order valence-electron chi connectivity index (χ1n) is 11.7. The van der Waals surface area contributed by atoms with Crippen LogP contribution >= 0.6 is 0 Å². The molecule has 3 nitrogen and oxygen atoms in total. The second kappa shape index (κ2) is 8.78. The highest BCUT2D eigenvalue weighted by Gasteiger charge is 2.58. The van der Waals surface area contributed by atoms with Gasteiger partial charge in [0, 0.05) is 6.42 Å². The highest BCUT2D eigenvalue weighted by molar-refractivity contribution is 5.91. The number of ether oxygens (including phenoxy) is 1. The van der Waals surface area contributed by atoms with E-state index < -0.39 is 6.29 Å². The van der Waals surface area contributed by atoms with Gasteiger partial charge in [0.15, 0.2) is 12.1 Å². The minimum Gasteiger partial charge on any atom is -0.368 e. The average molecular weight is 377 g/mol. The molecule has 4 aliphatic carbocycles. The van der Waals surface area contributed by atoms with E-state index in [0.717, 1.165) is 43.4 Å². The van der Waals surface area contributed by atoms with Gasteiger partial charge >= 0.3 is 0 Å². The van der Waals surface area contributed by atoms with Crippen molar-refractivity contribution in [1.82, 2.24) is 0 Å². The number of hydrogen-bond acceptors (Lipinski definition) is 3. The van der Waals surface area contributed by atoms with Gasteiger partial charge in [-0.3, -0.25) is 4.79 Å². The average Bonchev–Trinajstić information content (AvgIpc) is 3.07. The summed E-state index contributed by atoms with van der Waals surface area (Å²) >= 11 is 0. The number of allylic oxidation sites excluding steroid dienone is 1. The Bertz CT molecular complexity index is 554. The Morgan fingerprint density at radius 2 is 1.89 bits per heavy atom. The molecule has 7 unspecified atom stereocenters. The van der Waals surface area contributed by atoms with E-state index >= 15 is 0 Å². The Hall–Kier alpha value is -0.670. The highest BCUT2D eigenvalue weighted by Crippen LogP contribution is 2.63. The van der Waals surface area contributed by atoms with Gasteiger partial charge in [0.25, 0.3) is 0 Å². The van der Waals surface area contributed by atoms with Crippen molar-refractivity contribution in [2.75, 3.05) is 0 Å². The molecule has 0 saturated heterocycles. The molecule has 4 aliphatic rings. The van der Waals surface area contributed by atoms with Crippen LogP contribution in [0.2, 0.25) is 0 Å². The fraction of sp³-hybridized carbons (Fsp3) is 0.875. The summed E-state index contributed by atoms with van der Waals surface area (Å²) in [4.78, 5) is 11.8. The van der Waals surface area contributed by atoms with Crippen LogP contribution in [0.15, 0.2) is 11.6 Å². The normalized spacial score (nSPS) is 41.4. The van der Waals surface area contributed by atoms with E-state index in [0.29, 0.717) is 18.1 Å². The topological polar surface area (TPSA) is 46.5 Å². The monoisotopic (exact) mass is 376 g/mol. The standard InChI is InChI=1S/C22H34O3.C2H6/c1-3-21(24)25-20-10-9-19-18-7-5-14-13-15(23)6-8-16(14)17(18)11-12-22(19,20)4-2;1-2/h13,16-21,24H,3-12H2,1-2H3;1-2H3. The van der Waals surface area contributed by atoms with E-state index in [9.17, 15) is 9.90 Å². The number of hydrogen-bond donors (Lipinski definition) is 1. The SMILES string of the molecule is CC.CCC(O)OC1CCC2C3CCC4=CC(=O)CCC4C3CCC12CC. The number of rotatable bonds is 4. The number of fused-ring (bicyclic) bond motifs is 5. The maximum absolute atomic E-state index is 11.8. The highest BCUT2D eigenvalue weighted by atomic mass is 16.6. The largest absolute Gasteiger partial charge is 0.368 e. The summed E-state index contributed by atoms with van der Waals surface area (Å²) in [7, 11) is 0. The molecule has 154 valence electrons. The van der Waals surface area contributed by atoms with Crippen molar-refractivity contribution in [3.8, 4) is 0 Å². The lowest BCUT2D eigenvalue weighted by molar-refractivity contribution is -0.183. The zero-order valence-electron chi connectivity index (χ0n) is 17.9. The molecule has 1 N–H and O–H groups in total. The van der Waals surface area contributed by atoms with Gasteiger partial charge in [-0.1, -0.05) is 33.3 Å². The van der Waals surface area contributed by atoms with Gasteiger partial charge < -0.3 is 9.84 Å². The summed E-state index contributed by atoms with van der Waals surface area (Å²) in [5, 5.41) is 10.1. The first-order valence-corrected chi connectivity index (χ1v) is 11.7. The lowest BCUT2D eigenvalue weighted by atomic mass is 9.51. The first kappa shape index (κ1) is 21.0. The summed E-state index contributed by atoms with van der Waals surface area (Å²) in [6.45, 7) is 8.33. The van der Waals surface area contributed by atoms with Crippen LogP contribution in [0.5, 0.6) is 0 Å². The Morgan fingerprint density at radius 1 is 1.11 bits per heavy atom. The summed E-state index contributed by atoms with van der Waals surface area (Å²) in [5.74, 6) is 3.37. The molecular weight excluding hydrogens is 336 g/mol. The van der Waals surface area contributed by atoms with Gasteiger partial charge in [0.05, 0.1) is 6.10 Å². The molecule has 0 aromatic carbocycles. The quantitative estimate of drug-likeness (QED) is 0.644. The van der Waals surface area contributed by atoms with Crippen molar-refractivity contribution in [2.24, 2.45) is 29.1 Å². The van der Waals surface area contributed by atoms with Crippen molar-refractivity contribution < 1.29 is 14.6 Å². The van der Waals surface area contributed by atoms with Crippen molar-refractivity contribution in [3.63, 3.8) is 0 Å². The number of aliphatic hydroxyl groups excluding tert-OH is 1. The van der Waals surface area contributed by atoms with E-state index in [1.165, 1.54) is 37.7 Å². The van der Waals surface area contributed by atoms with Crippen LogP contribution in [0.25, 0.3) is 0 Å². The number of aliphatic hydroxyl groups is 1. The molecule has 27 heavy (non-hydrogen) atoms. The van der Waals surface area contributed by atoms with Crippen molar-refractivity contribution >= 4 is 5.78 Å². The van der Waals surface area contributed by atoms with Crippen LogP contribution in [-0.2, 0) is 9.53 Å². The second-order valence-corrected chi connectivity index (χ2v) is 8.99. The molecule has 0 amide bonds. The lowest BCUT2D eigenvalue weighted by Crippen LogP contribution is -2.49. The van der Waals surface area contributed by atoms with E-state index in [4.69, 9.17) is 4.74 Å². The predicted octanol–water partition coefficient (Wildman–Crippen LogP) is 5.66. The van der Waals surface area contributed by atoms with Crippen LogP contribution < -0.4 is 0 Å². The molecule has 0 heterocycles. The van der Waals surface area contributed by atoms with Crippen LogP contribution in [0.3, 0.4) is 0 Å². The number of carbonyl (C=O) groups is 1. The molecular formula is C24H40O3. The maximum Gasteiger partial charge on any atom is 0.155 e. The predicted molar refractivity (Wildman–Crippen MR) is 109 cm³/mol. The Balaban J connectivity index is 0.00000102. The molecule has 3 fully saturated rings. The van der Waals surface area contributed by atoms with Gasteiger partial charge in [-0.05, 0) is 93.0 Å². The van der Waals surface area contributed by atoms with E-state index in [-0.39, 0.29) is 11.5 Å². The van der Waals surface area contributed by atoms with Crippen LogP contribution in [-0.4, -0.2) is 23.3 Å². The molecule has 7 atom stereocenters. The number of carbonyl (C=O) groups excluding carboxylic acids is 1. The fourth-order valence-corrected chi connectivity index (χ4v) is 7.10. The Morgan fingerprint density at radius 3 is 2.59 bits per heavy atom. The third-order valence-electron chi connectivity index (χ3n) is 8.27. The van der Waals surface area contributed by atoms with Gasteiger partial charge in [0.1, 0.15) is 0 Å². The fourth-order valence-electron chi connectivity index (χ4n) is 7.10. The molecule has 0 aromatic rings. The van der Waals surface area contributed by atoms with Crippen molar-refractivity contribution in [1.29, 1.82) is 0 Å². The molecule has 3 heteroatoms. The zero-order valence-corrected chi connectivity index (χ0v) is 17.9. The van der Waals surface area contributed by atoms with E-state index in [1.54, 1.807) is 0 Å². The third-order valence-corrected chi connectivity index (χ3v) is 8.27. The lowest BCUT2D eigenvalue weighted by Gasteiger charge is -2.55. The van der Waals surface area contributed by atoms with Crippen LogP contribution in [0.4, 0.5) is 0 Å². The zero-order chi connectivity index (χ0) is 19.6. The van der Waals surface area contributed by atoms with E-state index in [1.807, 2.05) is 26.8 Å². The number of ketones is 1. The minimum absolute atomic E-state index is 0.239. The van der Waals surface area contributed by atoms with Gasteiger partial charge in [-0.15, -0.1) is 0 Å². The molecule has 0 bridgehead atoms. The van der Waals surface area contributed by atoms with Crippen molar-refractivity contribution in [3.05, 3.63) is 11.6 Å². The summed E-state index contributed by atoms with van der Waals surface area (Å²) in [5.41, 5.74) is 1.75. The van der Waals surface area contributed by atoms with Crippen molar-refractivity contribution in [2.45, 2.75) is 104 Å². The summed E-state index contributed by atoms with van der Waals surface area (Å²) in [6.07, 6.45) is 12.6. The third kappa shape index (κ3) is 3.67. The first-order chi connectivity index (χ1) is 13.1.